The van der Waals surface area contributed by atoms with E-state index in [0.717, 1.165) is 4.57 Å². The van der Waals surface area contributed by atoms with Crippen LogP contribution in [0.5, 0.6) is 0 Å². The third-order valence-corrected chi connectivity index (χ3v) is 5.05. The molecule has 0 spiro atoms. The van der Waals surface area contributed by atoms with Crippen LogP contribution in [0.3, 0.4) is 0 Å². The molecular formula is C22H24FN5O5. The van der Waals surface area contributed by atoms with E-state index in [-0.39, 0.29) is 31.1 Å². The number of benzene rings is 1. The lowest BCUT2D eigenvalue weighted by molar-refractivity contribution is -0.387. The third kappa shape index (κ3) is 5.32. The number of halogens is 1. The fourth-order valence-corrected chi connectivity index (χ4v) is 3.43. The lowest BCUT2D eigenvalue weighted by atomic mass is 10.2. The summed E-state index contributed by atoms with van der Waals surface area (Å²) in [6, 6.07) is 6.34. The Balaban J connectivity index is 2.00. The largest absolute Gasteiger partial charge is 0.385 e. The molecule has 0 aliphatic carbocycles. The van der Waals surface area contributed by atoms with E-state index in [1.807, 2.05) is 0 Å². The van der Waals surface area contributed by atoms with E-state index < -0.39 is 21.9 Å². The molecule has 2 heterocycles. The van der Waals surface area contributed by atoms with Crippen molar-refractivity contribution in [1.82, 2.24) is 18.9 Å². The van der Waals surface area contributed by atoms with Crippen LogP contribution >= 0.6 is 0 Å². The van der Waals surface area contributed by atoms with Crippen molar-refractivity contribution < 1.29 is 14.1 Å². The molecule has 10 nitrogen and oxygen atoms in total. The van der Waals surface area contributed by atoms with Crippen molar-refractivity contribution >= 4 is 17.8 Å². The maximum Gasteiger partial charge on any atom is 0.357 e. The molecule has 0 aliphatic rings. The van der Waals surface area contributed by atoms with Crippen LogP contribution in [0, 0.1) is 15.9 Å². The van der Waals surface area contributed by atoms with Gasteiger partial charge in [0.1, 0.15) is 11.5 Å². The monoisotopic (exact) mass is 457 g/mol. The first-order valence-electron chi connectivity index (χ1n) is 10.3. The van der Waals surface area contributed by atoms with Crippen LogP contribution < -0.4 is 11.2 Å². The van der Waals surface area contributed by atoms with Gasteiger partial charge in [0.25, 0.3) is 0 Å². The van der Waals surface area contributed by atoms with Gasteiger partial charge in [-0.15, -0.1) is 0 Å². The lowest BCUT2D eigenvalue weighted by Crippen LogP contribution is -2.42. The van der Waals surface area contributed by atoms with E-state index in [9.17, 15) is 24.1 Å². The van der Waals surface area contributed by atoms with Gasteiger partial charge in [0, 0.05) is 44.1 Å². The number of hydrogen-bond acceptors (Lipinski definition) is 6. The van der Waals surface area contributed by atoms with Crippen molar-refractivity contribution in [2.45, 2.75) is 33.0 Å². The molecule has 174 valence electrons. The summed E-state index contributed by atoms with van der Waals surface area (Å²) in [5.41, 5.74) is -1.33. The molecule has 3 aromatic rings. The van der Waals surface area contributed by atoms with Crippen molar-refractivity contribution in [2.24, 2.45) is 0 Å². The molecule has 0 N–H and O–H groups in total. The van der Waals surface area contributed by atoms with E-state index in [1.165, 1.54) is 40.8 Å². The standard InChI is InChI=1S/C22H24FN5O5/c1-3-26-21(29)20(28(31)32)19(27(22(26)30)11-6-12-33-2)10-9-16-13-24-25(14-16)15-17-7-4-5-8-18(17)23/h4-5,7-10,13-14H,3,6,11-12,15H2,1-2H3. The van der Waals surface area contributed by atoms with Crippen LogP contribution in [0.2, 0.25) is 0 Å². The number of rotatable bonds is 10. The maximum absolute atomic E-state index is 13.9. The summed E-state index contributed by atoms with van der Waals surface area (Å²) in [5, 5.41) is 15.9. The van der Waals surface area contributed by atoms with Gasteiger partial charge in [-0.05, 0) is 31.6 Å². The van der Waals surface area contributed by atoms with Crippen LogP contribution in [-0.2, 0) is 24.4 Å². The molecule has 0 saturated heterocycles. The zero-order valence-corrected chi connectivity index (χ0v) is 18.3. The Hall–Kier alpha value is -3.86. The van der Waals surface area contributed by atoms with Gasteiger partial charge in [-0.3, -0.25) is 28.7 Å². The average molecular weight is 457 g/mol. The Kier molecular flexibility index (Phi) is 7.67. The average Bonchev–Trinajstić information content (AvgIpc) is 3.23. The Morgan fingerprint density at radius 3 is 2.64 bits per heavy atom. The van der Waals surface area contributed by atoms with Crippen LogP contribution in [0.1, 0.15) is 30.2 Å². The van der Waals surface area contributed by atoms with Crippen LogP contribution in [0.4, 0.5) is 10.1 Å². The number of methoxy groups -OCH3 is 1. The summed E-state index contributed by atoms with van der Waals surface area (Å²) in [6.07, 6.45) is 6.45. The van der Waals surface area contributed by atoms with Gasteiger partial charge in [-0.1, -0.05) is 18.2 Å². The Labute approximate surface area is 188 Å². The summed E-state index contributed by atoms with van der Waals surface area (Å²) in [6.45, 7) is 2.27. The van der Waals surface area contributed by atoms with E-state index >= 15 is 0 Å². The number of nitrogens with zero attached hydrogens (tertiary/aromatic N) is 5. The highest BCUT2D eigenvalue weighted by Crippen LogP contribution is 2.17. The molecular weight excluding hydrogens is 433 g/mol. The van der Waals surface area contributed by atoms with E-state index in [4.69, 9.17) is 4.74 Å². The van der Waals surface area contributed by atoms with Crippen molar-refractivity contribution in [3.8, 4) is 0 Å². The topological polar surface area (TPSA) is 114 Å². The quantitative estimate of drug-likeness (QED) is 0.263. The molecule has 0 radical (unpaired) electrons. The fourth-order valence-electron chi connectivity index (χ4n) is 3.43. The maximum atomic E-state index is 13.9. The Morgan fingerprint density at radius 2 is 1.97 bits per heavy atom. The summed E-state index contributed by atoms with van der Waals surface area (Å²) < 4.78 is 22.5. The van der Waals surface area contributed by atoms with Gasteiger partial charge in [0.15, 0.2) is 0 Å². The van der Waals surface area contributed by atoms with Gasteiger partial charge in [-0.2, -0.15) is 5.10 Å². The van der Waals surface area contributed by atoms with E-state index in [0.29, 0.717) is 24.2 Å². The number of ether oxygens (including phenoxy) is 1. The lowest BCUT2D eigenvalue weighted by Gasteiger charge is -2.13. The van der Waals surface area contributed by atoms with Crippen molar-refractivity contribution in [2.75, 3.05) is 13.7 Å². The minimum atomic E-state index is -0.953. The molecule has 2 aromatic heterocycles. The highest BCUT2D eigenvalue weighted by molar-refractivity contribution is 5.71. The molecule has 33 heavy (non-hydrogen) atoms. The van der Waals surface area contributed by atoms with Gasteiger partial charge in [0.05, 0.1) is 17.7 Å². The van der Waals surface area contributed by atoms with Crippen molar-refractivity contribution in [3.05, 3.63) is 90.2 Å². The molecule has 0 amide bonds. The molecule has 0 fully saturated rings. The molecule has 0 saturated carbocycles. The highest BCUT2D eigenvalue weighted by Gasteiger charge is 2.25. The summed E-state index contributed by atoms with van der Waals surface area (Å²) >= 11 is 0. The predicted molar refractivity (Wildman–Crippen MR) is 120 cm³/mol. The second-order valence-corrected chi connectivity index (χ2v) is 7.22. The van der Waals surface area contributed by atoms with Gasteiger partial charge in [0.2, 0.25) is 0 Å². The van der Waals surface area contributed by atoms with E-state index in [2.05, 4.69) is 5.10 Å². The molecule has 0 atom stereocenters. The number of aromatic nitrogens is 4. The first-order valence-corrected chi connectivity index (χ1v) is 10.3. The highest BCUT2D eigenvalue weighted by atomic mass is 19.1. The first-order chi connectivity index (χ1) is 15.9. The smallest absolute Gasteiger partial charge is 0.357 e. The van der Waals surface area contributed by atoms with Gasteiger partial charge in [-0.25, -0.2) is 9.18 Å². The Bertz CT molecular complexity index is 1290. The van der Waals surface area contributed by atoms with Crippen LogP contribution in [0.15, 0.2) is 46.2 Å². The van der Waals surface area contributed by atoms with E-state index in [1.54, 1.807) is 31.3 Å². The second-order valence-electron chi connectivity index (χ2n) is 7.22. The molecule has 0 bridgehead atoms. The summed E-state index contributed by atoms with van der Waals surface area (Å²) in [5.74, 6) is -0.350. The second kappa shape index (κ2) is 10.6. The molecule has 1 aromatic carbocycles. The summed E-state index contributed by atoms with van der Waals surface area (Å²) in [4.78, 5) is 36.4. The molecule has 0 unspecified atom stereocenters. The predicted octanol–water partition coefficient (Wildman–Crippen LogP) is 2.53. The van der Waals surface area contributed by atoms with Crippen LogP contribution in [0.25, 0.3) is 12.2 Å². The zero-order valence-electron chi connectivity index (χ0n) is 18.3. The summed E-state index contributed by atoms with van der Waals surface area (Å²) in [7, 11) is 1.51. The van der Waals surface area contributed by atoms with Crippen LogP contribution in [-0.4, -0.2) is 37.6 Å². The van der Waals surface area contributed by atoms with Crippen molar-refractivity contribution in [3.63, 3.8) is 0 Å². The third-order valence-electron chi connectivity index (χ3n) is 5.05. The fraction of sp³-hybridized carbons (Fsp3) is 0.318. The molecule has 0 aliphatic heterocycles. The van der Waals surface area contributed by atoms with Gasteiger partial charge < -0.3 is 4.74 Å². The first kappa shape index (κ1) is 23.8. The zero-order chi connectivity index (χ0) is 24.0. The molecule has 11 heteroatoms. The normalized spacial score (nSPS) is 11.4. The van der Waals surface area contributed by atoms with Crippen molar-refractivity contribution in [1.29, 1.82) is 0 Å². The minimum Gasteiger partial charge on any atom is -0.385 e. The van der Waals surface area contributed by atoms with Gasteiger partial charge >= 0.3 is 16.9 Å². The Morgan fingerprint density at radius 1 is 1.21 bits per heavy atom. The minimum absolute atomic E-state index is 0.00952. The number of nitro groups is 1. The SMILES string of the molecule is CCn1c(=O)c([N+](=O)[O-])c(C=Cc2cnn(Cc3ccccc3F)c2)n(CCCOC)c1=O. The number of hydrogen-bond donors (Lipinski definition) is 0. The molecule has 3 rings (SSSR count).